The molecule has 0 unspecified atom stereocenters. The SMILES string of the molecule is CC(C)(C)c1nc2cc(N)ccc2n1Cc1cccs1. The van der Waals surface area contributed by atoms with Crippen molar-refractivity contribution in [2.45, 2.75) is 32.7 Å². The molecule has 0 saturated carbocycles. The fourth-order valence-electron chi connectivity index (χ4n) is 2.44. The lowest BCUT2D eigenvalue weighted by Crippen LogP contribution is -2.19. The number of aromatic nitrogens is 2. The molecule has 2 N–H and O–H groups in total. The maximum absolute atomic E-state index is 5.88. The number of rotatable bonds is 2. The molecule has 0 amide bonds. The molecule has 104 valence electrons. The van der Waals surface area contributed by atoms with E-state index in [2.05, 4.69) is 48.9 Å². The van der Waals surface area contributed by atoms with Crippen molar-refractivity contribution in [3.8, 4) is 0 Å². The van der Waals surface area contributed by atoms with Crippen LogP contribution in [0.15, 0.2) is 35.7 Å². The van der Waals surface area contributed by atoms with E-state index in [-0.39, 0.29) is 5.41 Å². The third-order valence-corrected chi connectivity index (χ3v) is 4.20. The number of hydrogen-bond acceptors (Lipinski definition) is 3. The number of fused-ring (bicyclic) bond motifs is 1. The van der Waals surface area contributed by atoms with Crippen molar-refractivity contribution in [2.24, 2.45) is 0 Å². The summed E-state index contributed by atoms with van der Waals surface area (Å²) in [6.07, 6.45) is 0. The van der Waals surface area contributed by atoms with Gasteiger partial charge in [0.1, 0.15) is 5.82 Å². The molecule has 4 heteroatoms. The van der Waals surface area contributed by atoms with E-state index in [1.165, 1.54) is 4.88 Å². The minimum absolute atomic E-state index is 0.00500. The van der Waals surface area contributed by atoms with Crippen LogP contribution >= 0.6 is 11.3 Å². The summed E-state index contributed by atoms with van der Waals surface area (Å²) in [6.45, 7) is 7.46. The smallest absolute Gasteiger partial charge is 0.115 e. The topological polar surface area (TPSA) is 43.8 Å². The second-order valence-corrected chi connectivity index (χ2v) is 7.13. The van der Waals surface area contributed by atoms with Gasteiger partial charge in [-0.1, -0.05) is 26.8 Å². The second-order valence-electron chi connectivity index (χ2n) is 6.10. The van der Waals surface area contributed by atoms with Crippen LogP contribution in [0.25, 0.3) is 11.0 Å². The number of hydrogen-bond donors (Lipinski definition) is 1. The lowest BCUT2D eigenvalue weighted by atomic mass is 9.95. The van der Waals surface area contributed by atoms with Crippen molar-refractivity contribution in [1.82, 2.24) is 9.55 Å². The molecule has 0 radical (unpaired) electrons. The zero-order valence-electron chi connectivity index (χ0n) is 12.1. The zero-order valence-corrected chi connectivity index (χ0v) is 12.9. The quantitative estimate of drug-likeness (QED) is 0.723. The van der Waals surface area contributed by atoms with Gasteiger partial charge in [0.15, 0.2) is 0 Å². The summed E-state index contributed by atoms with van der Waals surface area (Å²) in [5.74, 6) is 1.10. The fraction of sp³-hybridized carbons (Fsp3) is 0.312. The normalized spacial score (nSPS) is 12.2. The maximum atomic E-state index is 5.88. The molecule has 0 aliphatic carbocycles. The van der Waals surface area contributed by atoms with E-state index in [0.717, 1.165) is 29.1 Å². The van der Waals surface area contributed by atoms with E-state index in [0.29, 0.717) is 0 Å². The van der Waals surface area contributed by atoms with E-state index < -0.39 is 0 Å². The molecule has 3 aromatic rings. The number of anilines is 1. The Hall–Kier alpha value is -1.81. The molecule has 20 heavy (non-hydrogen) atoms. The number of nitrogen functional groups attached to an aromatic ring is 1. The first-order valence-electron chi connectivity index (χ1n) is 6.74. The average Bonchev–Trinajstić information content (AvgIpc) is 2.97. The summed E-state index contributed by atoms with van der Waals surface area (Å²) >= 11 is 1.78. The van der Waals surface area contributed by atoms with Crippen LogP contribution in [0.2, 0.25) is 0 Å². The standard InChI is InChI=1S/C16H19N3S/c1-16(2,3)15-18-13-9-11(17)6-7-14(13)19(15)10-12-5-4-8-20-12/h4-9H,10,17H2,1-3H3. The molecule has 0 spiro atoms. The van der Waals surface area contributed by atoms with Crippen LogP contribution in [0.1, 0.15) is 31.5 Å². The predicted octanol–water partition coefficient (Wildman–Crippen LogP) is 4.03. The van der Waals surface area contributed by atoms with Crippen molar-refractivity contribution in [3.63, 3.8) is 0 Å². The molecule has 0 atom stereocenters. The molecule has 0 saturated heterocycles. The van der Waals surface area contributed by atoms with Gasteiger partial charge >= 0.3 is 0 Å². The Morgan fingerprint density at radius 3 is 2.70 bits per heavy atom. The first-order chi connectivity index (χ1) is 9.45. The van der Waals surface area contributed by atoms with E-state index in [4.69, 9.17) is 10.7 Å². The van der Waals surface area contributed by atoms with Crippen molar-refractivity contribution in [3.05, 3.63) is 46.4 Å². The van der Waals surface area contributed by atoms with Gasteiger partial charge < -0.3 is 10.3 Å². The van der Waals surface area contributed by atoms with Gasteiger partial charge in [-0.2, -0.15) is 0 Å². The van der Waals surface area contributed by atoms with Gasteiger partial charge in [-0.25, -0.2) is 4.98 Å². The Balaban J connectivity index is 2.20. The van der Waals surface area contributed by atoms with Crippen LogP contribution in [0, 0.1) is 0 Å². The molecule has 0 bridgehead atoms. The van der Waals surface area contributed by atoms with Crippen LogP contribution in [0.3, 0.4) is 0 Å². The number of benzene rings is 1. The summed E-state index contributed by atoms with van der Waals surface area (Å²) in [5, 5.41) is 2.11. The van der Waals surface area contributed by atoms with Crippen LogP contribution in [-0.4, -0.2) is 9.55 Å². The molecular weight excluding hydrogens is 266 g/mol. The highest BCUT2D eigenvalue weighted by Crippen LogP contribution is 2.28. The minimum atomic E-state index is 0.00500. The van der Waals surface area contributed by atoms with Gasteiger partial charge in [-0.05, 0) is 29.6 Å². The number of nitrogens with two attached hydrogens (primary N) is 1. The van der Waals surface area contributed by atoms with E-state index in [9.17, 15) is 0 Å². The molecule has 0 fully saturated rings. The largest absolute Gasteiger partial charge is 0.399 e. The summed E-state index contributed by atoms with van der Waals surface area (Å²) in [5.41, 5.74) is 8.78. The Labute approximate surface area is 123 Å². The van der Waals surface area contributed by atoms with Gasteiger partial charge in [0, 0.05) is 16.0 Å². The summed E-state index contributed by atoms with van der Waals surface area (Å²) in [7, 11) is 0. The predicted molar refractivity (Wildman–Crippen MR) is 86.3 cm³/mol. The first-order valence-corrected chi connectivity index (χ1v) is 7.62. The summed E-state index contributed by atoms with van der Waals surface area (Å²) in [6, 6.07) is 10.2. The minimum Gasteiger partial charge on any atom is -0.399 e. The van der Waals surface area contributed by atoms with Crippen molar-refractivity contribution in [1.29, 1.82) is 0 Å². The Kier molecular flexibility index (Phi) is 3.05. The van der Waals surface area contributed by atoms with Crippen LogP contribution < -0.4 is 5.73 Å². The molecule has 2 heterocycles. The number of imidazole rings is 1. The van der Waals surface area contributed by atoms with Gasteiger partial charge in [-0.3, -0.25) is 0 Å². The number of nitrogens with zero attached hydrogens (tertiary/aromatic N) is 2. The monoisotopic (exact) mass is 285 g/mol. The lowest BCUT2D eigenvalue weighted by molar-refractivity contribution is 0.517. The molecule has 3 nitrogen and oxygen atoms in total. The van der Waals surface area contributed by atoms with Gasteiger partial charge in [0.25, 0.3) is 0 Å². The summed E-state index contributed by atoms with van der Waals surface area (Å²) in [4.78, 5) is 6.15. The Bertz CT molecular complexity index is 733. The molecule has 2 aromatic heterocycles. The third kappa shape index (κ3) is 2.31. The molecule has 0 aliphatic heterocycles. The van der Waals surface area contributed by atoms with Gasteiger partial charge in [0.2, 0.25) is 0 Å². The van der Waals surface area contributed by atoms with Gasteiger partial charge in [0.05, 0.1) is 17.6 Å². The fourth-order valence-corrected chi connectivity index (χ4v) is 3.13. The molecular formula is C16H19N3S. The Morgan fingerprint density at radius 1 is 1.25 bits per heavy atom. The highest BCUT2D eigenvalue weighted by atomic mass is 32.1. The van der Waals surface area contributed by atoms with E-state index >= 15 is 0 Å². The third-order valence-electron chi connectivity index (χ3n) is 3.34. The summed E-state index contributed by atoms with van der Waals surface area (Å²) < 4.78 is 2.31. The second kappa shape index (κ2) is 4.63. The van der Waals surface area contributed by atoms with Crippen LogP contribution in [0.5, 0.6) is 0 Å². The zero-order chi connectivity index (χ0) is 14.3. The highest BCUT2D eigenvalue weighted by molar-refractivity contribution is 7.09. The Morgan fingerprint density at radius 2 is 2.05 bits per heavy atom. The van der Waals surface area contributed by atoms with Gasteiger partial charge in [-0.15, -0.1) is 11.3 Å². The van der Waals surface area contributed by atoms with Crippen LogP contribution in [0.4, 0.5) is 5.69 Å². The van der Waals surface area contributed by atoms with Crippen molar-refractivity contribution < 1.29 is 0 Å². The average molecular weight is 285 g/mol. The maximum Gasteiger partial charge on any atom is 0.115 e. The van der Waals surface area contributed by atoms with Crippen molar-refractivity contribution in [2.75, 3.05) is 5.73 Å². The molecule has 3 rings (SSSR count). The highest BCUT2D eigenvalue weighted by Gasteiger charge is 2.23. The number of thiophene rings is 1. The molecule has 0 aliphatic rings. The van der Waals surface area contributed by atoms with E-state index in [1.54, 1.807) is 11.3 Å². The first kappa shape index (κ1) is 13.2. The van der Waals surface area contributed by atoms with Crippen molar-refractivity contribution >= 4 is 28.1 Å². The van der Waals surface area contributed by atoms with E-state index in [1.807, 2.05) is 12.1 Å². The molecule has 1 aromatic carbocycles. The van der Waals surface area contributed by atoms with Crippen LogP contribution in [-0.2, 0) is 12.0 Å². The lowest BCUT2D eigenvalue weighted by Gasteiger charge is -2.19.